The van der Waals surface area contributed by atoms with Gasteiger partial charge in [-0.15, -0.1) is 0 Å². The molecule has 0 bridgehead atoms. The van der Waals surface area contributed by atoms with Gasteiger partial charge in [0.2, 0.25) is 11.8 Å². The number of nitrogens with two attached hydrogens (primary N) is 1. The van der Waals surface area contributed by atoms with Gasteiger partial charge in [0.1, 0.15) is 6.04 Å². The number of benzene rings is 1. The molecule has 0 spiro atoms. The number of rotatable bonds is 8. The van der Waals surface area contributed by atoms with Crippen molar-refractivity contribution < 1.29 is 19.5 Å². The van der Waals surface area contributed by atoms with Crippen molar-refractivity contribution >= 4 is 29.4 Å². The monoisotopic (exact) mass is 340 g/mol. The number of aliphatic carboxylic acids is 1. The first-order valence-corrected chi connectivity index (χ1v) is 7.65. The first kappa shape index (κ1) is 19.0. The summed E-state index contributed by atoms with van der Waals surface area (Å²) in [6.45, 7) is 3.93. The molecule has 0 heterocycles. The van der Waals surface area contributed by atoms with Gasteiger partial charge in [0, 0.05) is 5.02 Å². The molecule has 1 aromatic rings. The second-order valence-electron chi connectivity index (χ2n) is 5.80. The Labute approximate surface area is 140 Å². The van der Waals surface area contributed by atoms with Crippen molar-refractivity contribution in [3.63, 3.8) is 0 Å². The summed E-state index contributed by atoms with van der Waals surface area (Å²) in [6.07, 6.45) is 0.0897. The van der Waals surface area contributed by atoms with Gasteiger partial charge >= 0.3 is 5.97 Å². The number of carboxylic acids is 1. The number of nitrogens with one attached hydrogen (secondary N) is 1. The maximum Gasteiger partial charge on any atom is 0.326 e. The van der Waals surface area contributed by atoms with E-state index in [4.69, 9.17) is 22.4 Å². The van der Waals surface area contributed by atoms with Crippen LogP contribution in [0.1, 0.15) is 38.2 Å². The number of primary amides is 1. The van der Waals surface area contributed by atoms with E-state index in [9.17, 15) is 14.4 Å². The van der Waals surface area contributed by atoms with Gasteiger partial charge in [-0.1, -0.05) is 37.6 Å². The average molecular weight is 341 g/mol. The van der Waals surface area contributed by atoms with Gasteiger partial charge in [-0.05, 0) is 30.0 Å². The molecule has 0 saturated carbocycles. The second-order valence-corrected chi connectivity index (χ2v) is 6.24. The minimum Gasteiger partial charge on any atom is -0.480 e. The highest BCUT2D eigenvalue weighted by Crippen LogP contribution is 2.25. The van der Waals surface area contributed by atoms with Gasteiger partial charge in [0.25, 0.3) is 0 Å². The SMILES string of the molecule is CC(C)CC(C(=O)NC(CC(N)=O)C(=O)O)c1ccc(Cl)cc1. The third kappa shape index (κ3) is 6.28. The molecule has 23 heavy (non-hydrogen) atoms. The summed E-state index contributed by atoms with van der Waals surface area (Å²) >= 11 is 5.86. The standard InChI is InChI=1S/C16H21ClN2O4/c1-9(2)7-12(10-3-5-11(17)6-4-10)15(21)19-13(16(22)23)8-14(18)20/h3-6,9,12-13H,7-8H2,1-2H3,(H2,18,20)(H,19,21)(H,22,23). The molecule has 2 atom stereocenters. The van der Waals surface area contributed by atoms with Gasteiger partial charge in [-0.25, -0.2) is 4.79 Å². The van der Waals surface area contributed by atoms with E-state index in [0.29, 0.717) is 11.4 Å². The first-order valence-electron chi connectivity index (χ1n) is 7.27. The van der Waals surface area contributed by atoms with Crippen LogP contribution in [-0.4, -0.2) is 28.9 Å². The van der Waals surface area contributed by atoms with Crippen molar-refractivity contribution in [2.75, 3.05) is 0 Å². The lowest BCUT2D eigenvalue weighted by molar-refractivity contribution is -0.143. The van der Waals surface area contributed by atoms with E-state index in [-0.39, 0.29) is 5.92 Å². The van der Waals surface area contributed by atoms with Gasteiger partial charge in [0.05, 0.1) is 12.3 Å². The van der Waals surface area contributed by atoms with E-state index in [1.54, 1.807) is 24.3 Å². The molecule has 6 nitrogen and oxygen atoms in total. The second kappa shape index (κ2) is 8.53. The van der Waals surface area contributed by atoms with Crippen LogP contribution in [0.15, 0.2) is 24.3 Å². The van der Waals surface area contributed by atoms with E-state index in [1.807, 2.05) is 13.8 Å². The first-order chi connectivity index (χ1) is 10.7. The van der Waals surface area contributed by atoms with Crippen LogP contribution in [0.25, 0.3) is 0 Å². The van der Waals surface area contributed by atoms with Crippen LogP contribution in [0.4, 0.5) is 0 Å². The van der Waals surface area contributed by atoms with Crippen LogP contribution in [0.2, 0.25) is 5.02 Å². The normalized spacial score (nSPS) is 13.4. The molecule has 7 heteroatoms. The predicted octanol–water partition coefficient (Wildman–Crippen LogP) is 1.91. The van der Waals surface area contributed by atoms with E-state index in [1.165, 1.54) is 0 Å². The van der Waals surface area contributed by atoms with Gasteiger partial charge in [-0.2, -0.15) is 0 Å². The molecule has 126 valence electrons. The topological polar surface area (TPSA) is 109 Å². The highest BCUT2D eigenvalue weighted by Gasteiger charge is 2.28. The molecule has 0 aromatic heterocycles. The van der Waals surface area contributed by atoms with Gasteiger partial charge < -0.3 is 16.2 Å². The van der Waals surface area contributed by atoms with Crippen LogP contribution < -0.4 is 11.1 Å². The maximum absolute atomic E-state index is 12.5. The molecule has 2 unspecified atom stereocenters. The Kier molecular flexibility index (Phi) is 7.03. The number of hydrogen-bond acceptors (Lipinski definition) is 3. The number of carbonyl (C=O) groups excluding carboxylic acids is 2. The summed E-state index contributed by atoms with van der Waals surface area (Å²) in [6, 6.07) is 5.49. The van der Waals surface area contributed by atoms with Crippen molar-refractivity contribution in [1.29, 1.82) is 0 Å². The average Bonchev–Trinajstić information content (AvgIpc) is 2.44. The molecule has 0 aliphatic carbocycles. The molecule has 0 aliphatic heterocycles. The summed E-state index contributed by atoms with van der Waals surface area (Å²) in [4.78, 5) is 34.6. The maximum atomic E-state index is 12.5. The third-order valence-electron chi connectivity index (χ3n) is 3.32. The molecule has 0 fully saturated rings. The van der Waals surface area contributed by atoms with Crippen LogP contribution >= 0.6 is 11.6 Å². The number of carbonyl (C=O) groups is 3. The van der Waals surface area contributed by atoms with Crippen LogP contribution in [0.3, 0.4) is 0 Å². The Morgan fingerprint density at radius 2 is 1.78 bits per heavy atom. The van der Waals surface area contributed by atoms with Crippen LogP contribution in [-0.2, 0) is 14.4 Å². The molecule has 0 aliphatic rings. The van der Waals surface area contributed by atoms with Crippen molar-refractivity contribution in [1.82, 2.24) is 5.32 Å². The van der Waals surface area contributed by atoms with Crippen molar-refractivity contribution in [3.05, 3.63) is 34.9 Å². The molecule has 0 saturated heterocycles. The fraction of sp³-hybridized carbons (Fsp3) is 0.438. The zero-order chi connectivity index (χ0) is 17.6. The molecule has 1 rings (SSSR count). The zero-order valence-corrected chi connectivity index (χ0v) is 13.8. The molecular formula is C16H21ClN2O4. The molecule has 0 radical (unpaired) electrons. The van der Waals surface area contributed by atoms with Crippen molar-refractivity contribution in [2.24, 2.45) is 11.7 Å². The molecule has 2 amide bonds. The zero-order valence-electron chi connectivity index (χ0n) is 13.1. The lowest BCUT2D eigenvalue weighted by Crippen LogP contribution is -2.45. The summed E-state index contributed by atoms with van der Waals surface area (Å²) in [7, 11) is 0. The van der Waals surface area contributed by atoms with E-state index in [0.717, 1.165) is 5.56 Å². The fourth-order valence-electron chi connectivity index (χ4n) is 2.23. The third-order valence-corrected chi connectivity index (χ3v) is 3.57. The van der Waals surface area contributed by atoms with Crippen molar-refractivity contribution in [3.8, 4) is 0 Å². The summed E-state index contributed by atoms with van der Waals surface area (Å²) in [5, 5.41) is 12.0. The Bertz CT molecular complexity index is 572. The van der Waals surface area contributed by atoms with Gasteiger partial charge in [0.15, 0.2) is 0 Å². The summed E-state index contributed by atoms with van der Waals surface area (Å²) < 4.78 is 0. The number of halogens is 1. The minimum atomic E-state index is -1.33. The van der Waals surface area contributed by atoms with Crippen molar-refractivity contribution in [2.45, 2.75) is 38.6 Å². The fourth-order valence-corrected chi connectivity index (χ4v) is 2.36. The Morgan fingerprint density at radius 3 is 2.22 bits per heavy atom. The van der Waals surface area contributed by atoms with Gasteiger partial charge in [-0.3, -0.25) is 9.59 Å². The van der Waals surface area contributed by atoms with E-state index >= 15 is 0 Å². The van der Waals surface area contributed by atoms with E-state index < -0.39 is 36.2 Å². The van der Waals surface area contributed by atoms with Crippen LogP contribution in [0, 0.1) is 5.92 Å². The summed E-state index contributed by atoms with van der Waals surface area (Å²) in [5.74, 6) is -2.83. The quantitative estimate of drug-likeness (QED) is 0.671. The Hall–Kier alpha value is -2.08. The highest BCUT2D eigenvalue weighted by atomic mass is 35.5. The largest absolute Gasteiger partial charge is 0.480 e. The highest BCUT2D eigenvalue weighted by molar-refractivity contribution is 6.30. The minimum absolute atomic E-state index is 0.223. The smallest absolute Gasteiger partial charge is 0.326 e. The van der Waals surface area contributed by atoms with E-state index in [2.05, 4.69) is 5.32 Å². The molecule has 4 N–H and O–H groups in total. The summed E-state index contributed by atoms with van der Waals surface area (Å²) in [5.41, 5.74) is 5.76. The number of hydrogen-bond donors (Lipinski definition) is 3. The Balaban J connectivity index is 2.96. The van der Waals surface area contributed by atoms with Crippen LogP contribution in [0.5, 0.6) is 0 Å². The predicted molar refractivity (Wildman–Crippen MR) is 87.0 cm³/mol. The number of amides is 2. The Morgan fingerprint density at radius 1 is 1.22 bits per heavy atom. The molecular weight excluding hydrogens is 320 g/mol. The number of carboxylic acid groups (broad SMARTS) is 1. The molecule has 1 aromatic carbocycles. The lowest BCUT2D eigenvalue weighted by Gasteiger charge is -2.21. The lowest BCUT2D eigenvalue weighted by atomic mass is 9.89.